The molecule has 0 spiro atoms. The van der Waals surface area contributed by atoms with E-state index in [2.05, 4.69) is 0 Å². The minimum absolute atomic E-state index is 0.126. The van der Waals surface area contributed by atoms with Crippen LogP contribution in [0.4, 0.5) is 0 Å². The van der Waals surface area contributed by atoms with Gasteiger partial charge in [0.15, 0.2) is 5.78 Å². The van der Waals surface area contributed by atoms with E-state index in [4.69, 9.17) is 5.11 Å². The quantitative estimate of drug-likeness (QED) is 0.869. The Morgan fingerprint density at radius 2 is 1.85 bits per heavy atom. The Morgan fingerprint density at radius 3 is 2.45 bits per heavy atom. The Hall–Kier alpha value is -2.36. The highest BCUT2D eigenvalue weighted by Crippen LogP contribution is 2.19. The Kier molecular flexibility index (Phi) is 3.74. The maximum atomic E-state index is 12.6. The first-order valence-electron chi connectivity index (χ1n) is 6.38. The molecule has 1 aromatic carbocycles. The van der Waals surface area contributed by atoms with Crippen molar-refractivity contribution in [1.29, 1.82) is 0 Å². The summed E-state index contributed by atoms with van der Waals surface area (Å²) in [4.78, 5) is 23.5. The molecule has 1 heterocycles. The Balaban J connectivity index is 2.46. The van der Waals surface area contributed by atoms with Crippen molar-refractivity contribution in [3.63, 3.8) is 0 Å². The van der Waals surface area contributed by atoms with Gasteiger partial charge in [0.25, 0.3) is 0 Å². The van der Waals surface area contributed by atoms with Crippen molar-refractivity contribution < 1.29 is 14.7 Å². The van der Waals surface area contributed by atoms with Gasteiger partial charge >= 0.3 is 5.97 Å². The molecular formula is C16H17NO3. The van der Waals surface area contributed by atoms with Crippen LogP contribution in [-0.2, 0) is 18.3 Å². The van der Waals surface area contributed by atoms with E-state index in [0.29, 0.717) is 16.8 Å². The number of aliphatic carboxylic acids is 1. The predicted octanol–water partition coefficient (Wildman–Crippen LogP) is 2.50. The summed E-state index contributed by atoms with van der Waals surface area (Å²) in [6, 6.07) is 7.32. The van der Waals surface area contributed by atoms with Crippen molar-refractivity contribution in [2.75, 3.05) is 0 Å². The zero-order valence-electron chi connectivity index (χ0n) is 11.8. The van der Waals surface area contributed by atoms with Gasteiger partial charge in [-0.05, 0) is 25.5 Å². The van der Waals surface area contributed by atoms with Crippen LogP contribution in [0, 0.1) is 13.8 Å². The molecule has 1 aromatic heterocycles. The molecule has 0 aliphatic carbocycles. The van der Waals surface area contributed by atoms with Crippen LogP contribution in [0.5, 0.6) is 0 Å². The van der Waals surface area contributed by atoms with E-state index >= 15 is 0 Å². The molecule has 0 aliphatic heterocycles. The summed E-state index contributed by atoms with van der Waals surface area (Å²) in [6.07, 6.45) is 1.56. The number of carbonyl (C=O) groups is 2. The first kappa shape index (κ1) is 14.1. The van der Waals surface area contributed by atoms with Crippen molar-refractivity contribution in [1.82, 2.24) is 4.57 Å². The van der Waals surface area contributed by atoms with Crippen molar-refractivity contribution in [2.24, 2.45) is 7.05 Å². The maximum Gasteiger partial charge on any atom is 0.309 e. The summed E-state index contributed by atoms with van der Waals surface area (Å²) < 4.78 is 1.69. The number of carboxylic acids is 1. The molecule has 4 heteroatoms. The molecular weight excluding hydrogens is 254 g/mol. The number of hydrogen-bond acceptors (Lipinski definition) is 2. The topological polar surface area (TPSA) is 59.3 Å². The van der Waals surface area contributed by atoms with Crippen molar-refractivity contribution in [3.05, 3.63) is 58.4 Å². The first-order chi connectivity index (χ1) is 9.40. The average molecular weight is 271 g/mol. The highest BCUT2D eigenvalue weighted by Gasteiger charge is 2.19. The molecule has 2 rings (SSSR count). The number of nitrogens with zero attached hydrogens (tertiary/aromatic N) is 1. The van der Waals surface area contributed by atoms with Crippen molar-refractivity contribution >= 4 is 11.8 Å². The third-order valence-corrected chi connectivity index (χ3v) is 3.39. The molecule has 20 heavy (non-hydrogen) atoms. The summed E-state index contributed by atoms with van der Waals surface area (Å²) in [5.74, 6) is -1.07. The lowest BCUT2D eigenvalue weighted by Crippen LogP contribution is -2.12. The van der Waals surface area contributed by atoms with Gasteiger partial charge in [0.1, 0.15) is 0 Å². The predicted molar refractivity (Wildman–Crippen MR) is 76.1 cm³/mol. The van der Waals surface area contributed by atoms with Gasteiger partial charge in [0, 0.05) is 30.1 Å². The molecule has 0 radical (unpaired) electrons. The number of aromatic nitrogens is 1. The van der Waals surface area contributed by atoms with E-state index < -0.39 is 5.97 Å². The largest absolute Gasteiger partial charge is 0.481 e. The molecule has 0 bridgehead atoms. The molecule has 0 atom stereocenters. The van der Waals surface area contributed by atoms with E-state index in [1.54, 1.807) is 29.9 Å². The lowest BCUT2D eigenvalue weighted by molar-refractivity contribution is -0.136. The van der Waals surface area contributed by atoms with Crippen LogP contribution in [0.3, 0.4) is 0 Å². The second-order valence-electron chi connectivity index (χ2n) is 5.01. The molecule has 0 fully saturated rings. The molecule has 104 valence electrons. The minimum Gasteiger partial charge on any atom is -0.481 e. The highest BCUT2D eigenvalue weighted by atomic mass is 16.4. The molecule has 0 unspecified atom stereocenters. The molecule has 0 saturated carbocycles. The smallest absolute Gasteiger partial charge is 0.309 e. The van der Waals surface area contributed by atoms with Gasteiger partial charge in [-0.1, -0.05) is 23.8 Å². The minimum atomic E-state index is -0.943. The lowest BCUT2D eigenvalue weighted by Gasteiger charge is -2.08. The number of ketones is 1. The van der Waals surface area contributed by atoms with Crippen molar-refractivity contribution in [3.8, 4) is 0 Å². The zero-order chi connectivity index (χ0) is 14.9. The Morgan fingerprint density at radius 1 is 1.15 bits per heavy atom. The average Bonchev–Trinajstić information content (AvgIpc) is 2.70. The fraction of sp³-hybridized carbons (Fsp3) is 0.250. The number of carboxylic acid groups (broad SMARTS) is 1. The zero-order valence-corrected chi connectivity index (χ0v) is 11.8. The van der Waals surface area contributed by atoms with E-state index in [9.17, 15) is 9.59 Å². The van der Waals surface area contributed by atoms with Gasteiger partial charge in [-0.25, -0.2) is 0 Å². The monoisotopic (exact) mass is 271 g/mol. The van der Waals surface area contributed by atoms with Crippen LogP contribution >= 0.6 is 0 Å². The van der Waals surface area contributed by atoms with Crippen LogP contribution in [0.15, 0.2) is 30.5 Å². The Labute approximate surface area is 117 Å². The SMILES string of the molecule is Cc1ccc(C(=O)c2ccn(C)c2CC(=O)O)c(C)c1. The van der Waals surface area contributed by atoms with E-state index in [1.165, 1.54) is 0 Å². The third kappa shape index (κ3) is 2.64. The molecule has 2 aromatic rings. The van der Waals surface area contributed by atoms with Gasteiger partial charge in [-0.15, -0.1) is 0 Å². The number of hydrogen-bond donors (Lipinski definition) is 1. The molecule has 1 N–H and O–H groups in total. The summed E-state index contributed by atoms with van der Waals surface area (Å²) in [6.45, 7) is 3.86. The summed E-state index contributed by atoms with van der Waals surface area (Å²) in [5, 5.41) is 8.95. The van der Waals surface area contributed by atoms with Crippen LogP contribution in [0.2, 0.25) is 0 Å². The van der Waals surface area contributed by atoms with Gasteiger partial charge < -0.3 is 9.67 Å². The van der Waals surface area contributed by atoms with Gasteiger partial charge in [0.05, 0.1) is 6.42 Å². The van der Waals surface area contributed by atoms with E-state index in [1.807, 2.05) is 26.0 Å². The summed E-state index contributed by atoms with van der Waals surface area (Å²) in [5.41, 5.74) is 3.61. The third-order valence-electron chi connectivity index (χ3n) is 3.39. The fourth-order valence-electron chi connectivity index (χ4n) is 2.35. The number of rotatable bonds is 4. The van der Waals surface area contributed by atoms with Gasteiger partial charge in [0.2, 0.25) is 0 Å². The number of aryl methyl sites for hydroxylation is 3. The van der Waals surface area contributed by atoms with Crippen LogP contribution in [0.25, 0.3) is 0 Å². The number of carbonyl (C=O) groups excluding carboxylic acids is 1. The van der Waals surface area contributed by atoms with Gasteiger partial charge in [-0.3, -0.25) is 9.59 Å². The summed E-state index contributed by atoms with van der Waals surface area (Å²) >= 11 is 0. The first-order valence-corrected chi connectivity index (χ1v) is 6.38. The highest BCUT2D eigenvalue weighted by molar-refractivity contribution is 6.11. The fourth-order valence-corrected chi connectivity index (χ4v) is 2.35. The van der Waals surface area contributed by atoms with E-state index in [0.717, 1.165) is 11.1 Å². The Bertz CT molecular complexity index is 683. The summed E-state index contributed by atoms with van der Waals surface area (Å²) in [7, 11) is 1.75. The van der Waals surface area contributed by atoms with Crippen LogP contribution in [-0.4, -0.2) is 21.4 Å². The molecule has 4 nitrogen and oxygen atoms in total. The second-order valence-corrected chi connectivity index (χ2v) is 5.01. The van der Waals surface area contributed by atoms with Crippen molar-refractivity contribution in [2.45, 2.75) is 20.3 Å². The lowest BCUT2D eigenvalue weighted by atomic mass is 9.97. The molecule has 0 saturated heterocycles. The maximum absolute atomic E-state index is 12.6. The van der Waals surface area contributed by atoms with E-state index in [-0.39, 0.29) is 12.2 Å². The normalized spacial score (nSPS) is 10.6. The second kappa shape index (κ2) is 5.33. The number of benzene rings is 1. The molecule has 0 amide bonds. The standard InChI is InChI=1S/C16H17NO3/c1-10-4-5-12(11(2)8-10)16(20)13-6-7-17(3)14(13)9-15(18)19/h4-8H,9H2,1-3H3,(H,18,19). The van der Waals surface area contributed by atoms with Crippen LogP contribution < -0.4 is 0 Å². The molecule has 0 aliphatic rings. The van der Waals surface area contributed by atoms with Gasteiger partial charge in [-0.2, -0.15) is 0 Å². The van der Waals surface area contributed by atoms with Crippen LogP contribution in [0.1, 0.15) is 32.7 Å².